The third kappa shape index (κ3) is 5.71. The summed E-state index contributed by atoms with van der Waals surface area (Å²) in [5.41, 5.74) is 0. The SMILES string of the molecule is CCn1cc[n+](C)c1.O=C(O)C(F)(F)F. The van der Waals surface area contributed by atoms with E-state index < -0.39 is 12.1 Å². The molecule has 0 fully saturated rings. The van der Waals surface area contributed by atoms with Crippen LogP contribution in [0.15, 0.2) is 18.7 Å². The van der Waals surface area contributed by atoms with Crippen molar-refractivity contribution in [1.29, 1.82) is 0 Å². The minimum Gasteiger partial charge on any atom is -0.475 e. The van der Waals surface area contributed by atoms with Crippen molar-refractivity contribution < 1.29 is 27.6 Å². The third-order valence-electron chi connectivity index (χ3n) is 1.43. The summed E-state index contributed by atoms with van der Waals surface area (Å²) in [5, 5.41) is 7.12. The van der Waals surface area contributed by atoms with Gasteiger partial charge in [-0.25, -0.2) is 13.9 Å². The number of carbonyl (C=O) groups is 1. The number of imidazole rings is 1. The smallest absolute Gasteiger partial charge is 0.475 e. The summed E-state index contributed by atoms with van der Waals surface area (Å²) in [6.07, 6.45) is 1.06. The van der Waals surface area contributed by atoms with Gasteiger partial charge in [0.15, 0.2) is 0 Å². The molecule has 0 amide bonds. The second-order valence-corrected chi connectivity index (χ2v) is 2.71. The first-order valence-electron chi connectivity index (χ1n) is 4.08. The standard InChI is InChI=1S/C6H11N2.C2HF3O2/c1-3-8-5-4-7(2)6-8;3-2(4,5)1(6)7/h4-6H,3H2,1-2H3;(H,6,7)/q+1;. The van der Waals surface area contributed by atoms with E-state index in [0.717, 1.165) is 6.54 Å². The summed E-state index contributed by atoms with van der Waals surface area (Å²) in [5.74, 6) is -2.76. The Hall–Kier alpha value is -1.53. The van der Waals surface area contributed by atoms with E-state index in [-0.39, 0.29) is 0 Å². The molecule has 0 bridgehead atoms. The van der Waals surface area contributed by atoms with Gasteiger partial charge in [0.1, 0.15) is 12.4 Å². The Labute approximate surface area is 84.6 Å². The number of carboxylic acids is 1. The molecule has 1 N–H and O–H groups in total. The molecular weight excluding hydrogens is 213 g/mol. The largest absolute Gasteiger partial charge is 0.490 e. The van der Waals surface area contributed by atoms with Gasteiger partial charge in [-0.2, -0.15) is 13.2 Å². The van der Waals surface area contributed by atoms with Crippen molar-refractivity contribution in [2.75, 3.05) is 0 Å². The van der Waals surface area contributed by atoms with Crippen LogP contribution in [0.2, 0.25) is 0 Å². The van der Waals surface area contributed by atoms with Crippen LogP contribution in [0.3, 0.4) is 0 Å². The lowest BCUT2D eigenvalue weighted by Gasteiger charge is -1.93. The van der Waals surface area contributed by atoms with Gasteiger partial charge in [0.25, 0.3) is 0 Å². The highest BCUT2D eigenvalue weighted by molar-refractivity contribution is 5.73. The van der Waals surface area contributed by atoms with E-state index in [1.807, 2.05) is 17.8 Å². The molecule has 7 heteroatoms. The van der Waals surface area contributed by atoms with Crippen LogP contribution < -0.4 is 4.57 Å². The molecule has 86 valence electrons. The molecule has 1 aromatic heterocycles. The second kappa shape index (κ2) is 5.38. The molecule has 4 nitrogen and oxygen atoms in total. The lowest BCUT2D eigenvalue weighted by molar-refractivity contribution is -0.671. The molecule has 0 aliphatic rings. The number of halogens is 3. The lowest BCUT2D eigenvalue weighted by Crippen LogP contribution is -2.23. The highest BCUT2D eigenvalue weighted by Gasteiger charge is 2.38. The van der Waals surface area contributed by atoms with Gasteiger partial charge >= 0.3 is 12.1 Å². The van der Waals surface area contributed by atoms with Crippen LogP contribution in [0.5, 0.6) is 0 Å². The number of nitrogens with zero attached hydrogens (tertiary/aromatic N) is 2. The van der Waals surface area contributed by atoms with Crippen molar-refractivity contribution in [3.8, 4) is 0 Å². The van der Waals surface area contributed by atoms with Crippen LogP contribution in [-0.2, 0) is 18.4 Å². The number of hydrogen-bond acceptors (Lipinski definition) is 1. The molecule has 0 radical (unpaired) electrons. The van der Waals surface area contributed by atoms with Crippen LogP contribution in [0.1, 0.15) is 6.92 Å². The van der Waals surface area contributed by atoms with Crippen molar-refractivity contribution in [1.82, 2.24) is 4.57 Å². The predicted octanol–water partition coefficient (Wildman–Crippen LogP) is 0.966. The molecule has 1 heterocycles. The van der Waals surface area contributed by atoms with E-state index in [9.17, 15) is 13.2 Å². The summed E-state index contributed by atoms with van der Waals surface area (Å²) >= 11 is 0. The van der Waals surface area contributed by atoms with Crippen LogP contribution >= 0.6 is 0 Å². The summed E-state index contributed by atoms with van der Waals surface area (Å²) in [6, 6.07) is 0. The van der Waals surface area contributed by atoms with Gasteiger partial charge in [-0.05, 0) is 6.92 Å². The van der Waals surface area contributed by atoms with Gasteiger partial charge in [0.2, 0.25) is 6.33 Å². The quantitative estimate of drug-likeness (QED) is 0.724. The first-order chi connectivity index (χ1) is 6.77. The minimum atomic E-state index is -5.08. The molecule has 0 aromatic carbocycles. The first kappa shape index (κ1) is 13.5. The van der Waals surface area contributed by atoms with Crippen LogP contribution in [-0.4, -0.2) is 21.8 Å². The lowest BCUT2D eigenvalue weighted by atomic mass is 10.7. The Kier molecular flexibility index (Phi) is 4.83. The summed E-state index contributed by atoms with van der Waals surface area (Å²) in [6.45, 7) is 3.18. The molecule has 0 spiro atoms. The van der Waals surface area contributed by atoms with Crippen molar-refractivity contribution in [2.45, 2.75) is 19.6 Å². The maximum Gasteiger partial charge on any atom is 0.490 e. The zero-order chi connectivity index (χ0) is 12.1. The fourth-order valence-corrected chi connectivity index (χ4v) is 0.689. The van der Waals surface area contributed by atoms with Gasteiger partial charge in [0.05, 0.1) is 13.6 Å². The highest BCUT2D eigenvalue weighted by atomic mass is 19.4. The number of aliphatic carboxylic acids is 1. The Balaban J connectivity index is 0.000000265. The molecule has 0 saturated heterocycles. The van der Waals surface area contributed by atoms with Crippen LogP contribution in [0, 0.1) is 0 Å². The van der Waals surface area contributed by atoms with E-state index >= 15 is 0 Å². The highest BCUT2D eigenvalue weighted by Crippen LogP contribution is 2.13. The average molecular weight is 225 g/mol. The number of hydrogen-bond donors (Lipinski definition) is 1. The van der Waals surface area contributed by atoms with Gasteiger partial charge in [0, 0.05) is 0 Å². The van der Waals surface area contributed by atoms with Gasteiger partial charge in [-0.1, -0.05) is 0 Å². The van der Waals surface area contributed by atoms with Crippen molar-refractivity contribution in [3.63, 3.8) is 0 Å². The summed E-state index contributed by atoms with van der Waals surface area (Å²) < 4.78 is 35.9. The number of alkyl halides is 3. The van der Waals surface area contributed by atoms with E-state index in [4.69, 9.17) is 9.90 Å². The molecule has 0 atom stereocenters. The Morgan fingerprint density at radius 2 is 2.00 bits per heavy atom. The van der Waals surface area contributed by atoms with Gasteiger partial charge < -0.3 is 5.11 Å². The molecule has 1 rings (SSSR count). The van der Waals surface area contributed by atoms with Crippen LogP contribution in [0.25, 0.3) is 0 Å². The second-order valence-electron chi connectivity index (χ2n) is 2.71. The fraction of sp³-hybridized carbons (Fsp3) is 0.500. The Bertz CT molecular complexity index is 320. The molecule has 1 aromatic rings. The summed E-state index contributed by atoms with van der Waals surface area (Å²) in [4.78, 5) is 8.90. The number of aryl methyl sites for hydroxylation is 2. The third-order valence-corrected chi connectivity index (χ3v) is 1.43. The zero-order valence-electron chi connectivity index (χ0n) is 8.32. The van der Waals surface area contributed by atoms with E-state index in [1.165, 1.54) is 0 Å². The maximum absolute atomic E-state index is 10.6. The molecule has 0 unspecified atom stereocenters. The molecular formula is C8H12F3N2O2+. The molecule has 0 saturated carbocycles. The number of rotatable bonds is 1. The molecule has 0 aliphatic heterocycles. The number of carboxylic acid groups (broad SMARTS) is 1. The molecule has 15 heavy (non-hydrogen) atoms. The van der Waals surface area contributed by atoms with Crippen molar-refractivity contribution in [3.05, 3.63) is 18.7 Å². The van der Waals surface area contributed by atoms with Crippen LogP contribution in [0.4, 0.5) is 13.2 Å². The van der Waals surface area contributed by atoms with Gasteiger partial charge in [-0.3, -0.25) is 0 Å². The maximum atomic E-state index is 10.6. The van der Waals surface area contributed by atoms with Gasteiger partial charge in [-0.15, -0.1) is 0 Å². The normalized spacial score (nSPS) is 10.5. The molecule has 0 aliphatic carbocycles. The van der Waals surface area contributed by atoms with Crippen molar-refractivity contribution in [2.24, 2.45) is 7.05 Å². The summed E-state index contributed by atoms with van der Waals surface area (Å²) in [7, 11) is 2.02. The average Bonchev–Trinajstić information content (AvgIpc) is 2.50. The monoisotopic (exact) mass is 225 g/mol. The fourth-order valence-electron chi connectivity index (χ4n) is 0.689. The first-order valence-corrected chi connectivity index (χ1v) is 4.08. The van der Waals surface area contributed by atoms with E-state index in [2.05, 4.69) is 24.0 Å². The van der Waals surface area contributed by atoms with E-state index in [0.29, 0.717) is 0 Å². The van der Waals surface area contributed by atoms with E-state index in [1.54, 1.807) is 0 Å². The van der Waals surface area contributed by atoms with Crippen molar-refractivity contribution >= 4 is 5.97 Å². The Morgan fingerprint density at radius 3 is 2.13 bits per heavy atom. The zero-order valence-corrected chi connectivity index (χ0v) is 8.32. The Morgan fingerprint density at radius 1 is 1.53 bits per heavy atom. The number of aromatic nitrogens is 2. The minimum absolute atomic E-state index is 1.06. The predicted molar refractivity (Wildman–Crippen MR) is 45.0 cm³/mol. The topological polar surface area (TPSA) is 46.1 Å².